The normalized spacial score (nSPS) is 15.4. The van der Waals surface area contributed by atoms with E-state index in [4.69, 9.17) is 15.2 Å². The molecule has 0 atom stereocenters. The minimum atomic E-state index is -0.528. The first-order valence-corrected chi connectivity index (χ1v) is 9.14. The minimum absolute atomic E-state index is 0.148. The summed E-state index contributed by atoms with van der Waals surface area (Å²) < 4.78 is 11.4. The Morgan fingerprint density at radius 3 is 2.61 bits per heavy atom. The first kappa shape index (κ1) is 21.3. The molecule has 0 radical (unpaired) electrons. The Morgan fingerprint density at radius 2 is 2.07 bits per heavy atom. The average Bonchev–Trinajstić information content (AvgIpc) is 2.61. The number of nitrogen functional groups attached to an aromatic ring is 1. The van der Waals surface area contributed by atoms with Crippen molar-refractivity contribution in [2.45, 2.75) is 45.3 Å². The van der Waals surface area contributed by atoms with Crippen LogP contribution in [0.3, 0.4) is 0 Å². The molecule has 0 saturated carbocycles. The van der Waals surface area contributed by atoms with Crippen molar-refractivity contribution in [1.29, 1.82) is 5.26 Å². The summed E-state index contributed by atoms with van der Waals surface area (Å²) >= 11 is 0. The number of carbonyl (C=O) groups is 1. The number of amides is 1. The van der Waals surface area contributed by atoms with E-state index < -0.39 is 5.60 Å². The number of carbonyl (C=O) groups excluding carboxylic acids is 1. The highest BCUT2D eigenvalue weighted by atomic mass is 16.6. The van der Waals surface area contributed by atoms with Crippen molar-refractivity contribution < 1.29 is 14.3 Å². The van der Waals surface area contributed by atoms with Gasteiger partial charge < -0.3 is 25.0 Å². The summed E-state index contributed by atoms with van der Waals surface area (Å²) in [6.45, 7) is 6.53. The van der Waals surface area contributed by atoms with Gasteiger partial charge in [0.15, 0.2) is 11.6 Å². The van der Waals surface area contributed by atoms with Gasteiger partial charge in [0.25, 0.3) is 0 Å². The summed E-state index contributed by atoms with van der Waals surface area (Å²) in [5.41, 5.74) is 6.07. The standard InChI is InChI=1S/C19H28N6O3/c1-19(2,3)28-18(26)25-8-6-13(7-9-25)27-16-14(10-20)15(11-22-17(16)21)23-12-24(4)5/h11-13H,6-9H2,1-5H3,(H2,21,22). The number of piperidine rings is 1. The lowest BCUT2D eigenvalue weighted by Crippen LogP contribution is -2.44. The largest absolute Gasteiger partial charge is 0.485 e. The third-order valence-corrected chi connectivity index (χ3v) is 3.96. The molecular weight excluding hydrogens is 360 g/mol. The first-order valence-electron chi connectivity index (χ1n) is 9.14. The molecule has 2 rings (SSSR count). The molecule has 152 valence electrons. The summed E-state index contributed by atoms with van der Waals surface area (Å²) in [5.74, 6) is 0.390. The van der Waals surface area contributed by atoms with Crippen molar-refractivity contribution in [3.05, 3.63) is 11.8 Å². The van der Waals surface area contributed by atoms with E-state index in [0.29, 0.717) is 31.6 Å². The second-order valence-corrected chi connectivity index (χ2v) is 7.84. The zero-order valence-electron chi connectivity index (χ0n) is 17.1. The number of nitrogens with zero attached hydrogens (tertiary/aromatic N) is 5. The molecule has 0 unspecified atom stereocenters. The van der Waals surface area contributed by atoms with Crippen LogP contribution in [-0.4, -0.2) is 66.1 Å². The van der Waals surface area contributed by atoms with Crippen LogP contribution in [0, 0.1) is 11.3 Å². The molecule has 1 aromatic rings. The Hall–Kier alpha value is -3.02. The highest BCUT2D eigenvalue weighted by Crippen LogP contribution is 2.33. The monoisotopic (exact) mass is 388 g/mol. The van der Waals surface area contributed by atoms with E-state index in [2.05, 4.69) is 16.0 Å². The molecule has 0 aromatic carbocycles. The van der Waals surface area contributed by atoms with Crippen LogP contribution in [0.1, 0.15) is 39.2 Å². The Bertz CT molecular complexity index is 771. The molecule has 9 heteroatoms. The summed E-state index contributed by atoms with van der Waals surface area (Å²) in [6.07, 6.45) is 3.74. The van der Waals surface area contributed by atoms with Crippen LogP contribution in [0.25, 0.3) is 0 Å². The Labute approximate surface area is 165 Å². The SMILES string of the molecule is CN(C)C=Nc1cnc(N)c(OC2CCN(C(=O)OC(C)(C)C)CC2)c1C#N. The van der Waals surface area contributed by atoms with Gasteiger partial charge in [0, 0.05) is 40.0 Å². The molecule has 2 heterocycles. The van der Waals surface area contributed by atoms with Gasteiger partial charge in [-0.25, -0.2) is 14.8 Å². The number of hydrogen-bond donors (Lipinski definition) is 1. The van der Waals surface area contributed by atoms with Gasteiger partial charge in [-0.15, -0.1) is 0 Å². The van der Waals surface area contributed by atoms with E-state index >= 15 is 0 Å². The van der Waals surface area contributed by atoms with Crippen LogP contribution >= 0.6 is 0 Å². The fourth-order valence-corrected chi connectivity index (χ4v) is 2.65. The second-order valence-electron chi connectivity index (χ2n) is 7.84. The number of likely N-dealkylation sites (tertiary alicyclic amines) is 1. The zero-order valence-corrected chi connectivity index (χ0v) is 17.1. The molecule has 0 spiro atoms. The summed E-state index contributed by atoms with van der Waals surface area (Å²) in [5, 5.41) is 9.57. The molecule has 1 fully saturated rings. The maximum Gasteiger partial charge on any atom is 0.410 e. The number of ether oxygens (including phenoxy) is 2. The number of nitriles is 1. The molecule has 9 nitrogen and oxygen atoms in total. The van der Waals surface area contributed by atoms with Gasteiger partial charge in [0.2, 0.25) is 0 Å². The number of hydrogen-bond acceptors (Lipinski definition) is 7. The van der Waals surface area contributed by atoms with Crippen molar-refractivity contribution in [1.82, 2.24) is 14.8 Å². The number of anilines is 1. The predicted octanol–water partition coefficient (Wildman–Crippen LogP) is 2.54. The summed E-state index contributed by atoms with van der Waals surface area (Å²) in [6, 6.07) is 2.11. The van der Waals surface area contributed by atoms with Crippen LogP contribution in [0.4, 0.5) is 16.3 Å². The van der Waals surface area contributed by atoms with Crippen molar-refractivity contribution in [2.75, 3.05) is 32.9 Å². The lowest BCUT2D eigenvalue weighted by atomic mass is 10.1. The maximum atomic E-state index is 12.2. The van der Waals surface area contributed by atoms with Crippen LogP contribution < -0.4 is 10.5 Å². The molecule has 1 amide bonds. The number of pyridine rings is 1. The molecule has 2 N–H and O–H groups in total. The Kier molecular flexibility index (Phi) is 6.67. The molecule has 1 aliphatic heterocycles. The third kappa shape index (κ3) is 5.74. The topological polar surface area (TPSA) is 117 Å². The van der Waals surface area contributed by atoms with Crippen LogP contribution in [0.2, 0.25) is 0 Å². The van der Waals surface area contributed by atoms with Gasteiger partial charge in [-0.05, 0) is 20.8 Å². The smallest absolute Gasteiger partial charge is 0.410 e. The van der Waals surface area contributed by atoms with E-state index in [0.717, 1.165) is 0 Å². The molecule has 0 bridgehead atoms. The molecule has 1 aliphatic rings. The van der Waals surface area contributed by atoms with Crippen LogP contribution in [-0.2, 0) is 4.74 Å². The van der Waals surface area contributed by atoms with E-state index in [1.54, 1.807) is 16.1 Å². The Morgan fingerprint density at radius 1 is 1.43 bits per heavy atom. The van der Waals surface area contributed by atoms with E-state index in [1.807, 2.05) is 34.9 Å². The van der Waals surface area contributed by atoms with E-state index in [1.165, 1.54) is 6.20 Å². The lowest BCUT2D eigenvalue weighted by molar-refractivity contribution is 0.0126. The van der Waals surface area contributed by atoms with Gasteiger partial charge >= 0.3 is 6.09 Å². The zero-order chi connectivity index (χ0) is 20.9. The van der Waals surface area contributed by atoms with Crippen molar-refractivity contribution >= 4 is 23.9 Å². The average molecular weight is 388 g/mol. The predicted molar refractivity (Wildman–Crippen MR) is 107 cm³/mol. The summed E-state index contributed by atoms with van der Waals surface area (Å²) in [7, 11) is 3.66. The fourth-order valence-electron chi connectivity index (χ4n) is 2.65. The van der Waals surface area contributed by atoms with Crippen molar-refractivity contribution in [3.63, 3.8) is 0 Å². The summed E-state index contributed by atoms with van der Waals surface area (Å²) in [4.78, 5) is 23.9. The Balaban J connectivity index is 2.08. The van der Waals surface area contributed by atoms with Gasteiger partial charge in [-0.3, -0.25) is 0 Å². The van der Waals surface area contributed by atoms with Gasteiger partial charge in [0.1, 0.15) is 29.0 Å². The van der Waals surface area contributed by atoms with Crippen LogP contribution in [0.5, 0.6) is 5.75 Å². The fraction of sp³-hybridized carbons (Fsp3) is 0.579. The molecule has 28 heavy (non-hydrogen) atoms. The van der Waals surface area contributed by atoms with Gasteiger partial charge in [0.05, 0.1) is 12.5 Å². The molecular formula is C19H28N6O3. The highest BCUT2D eigenvalue weighted by molar-refractivity contribution is 5.71. The molecule has 0 aliphatic carbocycles. The first-order chi connectivity index (χ1) is 13.1. The van der Waals surface area contributed by atoms with E-state index in [9.17, 15) is 10.1 Å². The second kappa shape index (κ2) is 8.78. The maximum absolute atomic E-state index is 12.2. The van der Waals surface area contributed by atoms with Crippen molar-refractivity contribution in [2.24, 2.45) is 4.99 Å². The number of rotatable bonds is 4. The van der Waals surface area contributed by atoms with E-state index in [-0.39, 0.29) is 29.3 Å². The quantitative estimate of drug-likeness (QED) is 0.622. The number of aromatic nitrogens is 1. The van der Waals surface area contributed by atoms with Gasteiger partial charge in [-0.2, -0.15) is 5.26 Å². The number of nitrogens with two attached hydrogens (primary N) is 1. The van der Waals surface area contributed by atoms with Crippen LogP contribution in [0.15, 0.2) is 11.2 Å². The number of aliphatic imine (C=N–C) groups is 1. The van der Waals surface area contributed by atoms with Crippen molar-refractivity contribution in [3.8, 4) is 11.8 Å². The molecule has 1 aromatic heterocycles. The highest BCUT2D eigenvalue weighted by Gasteiger charge is 2.29. The lowest BCUT2D eigenvalue weighted by Gasteiger charge is -2.33. The van der Waals surface area contributed by atoms with Gasteiger partial charge in [-0.1, -0.05) is 0 Å². The minimum Gasteiger partial charge on any atom is -0.485 e. The molecule has 1 saturated heterocycles. The third-order valence-electron chi connectivity index (χ3n) is 3.96.